The highest BCUT2D eigenvalue weighted by Gasteiger charge is 2.49. The van der Waals surface area contributed by atoms with E-state index >= 15 is 0 Å². The highest BCUT2D eigenvalue weighted by molar-refractivity contribution is 5.90. The van der Waals surface area contributed by atoms with Gasteiger partial charge in [-0.2, -0.15) is 4.80 Å². The molecule has 3 atom stereocenters. The first-order valence-corrected chi connectivity index (χ1v) is 10.7. The summed E-state index contributed by atoms with van der Waals surface area (Å²) in [6.45, 7) is 2.13. The number of nitrogen functional groups attached to an aromatic ring is 1. The summed E-state index contributed by atoms with van der Waals surface area (Å²) >= 11 is 0. The van der Waals surface area contributed by atoms with Crippen molar-refractivity contribution in [3.8, 4) is 5.75 Å². The number of benzene rings is 2. The van der Waals surface area contributed by atoms with Crippen LogP contribution in [0.2, 0.25) is 0 Å². The summed E-state index contributed by atoms with van der Waals surface area (Å²) in [6.07, 6.45) is -1.04. The third-order valence-electron chi connectivity index (χ3n) is 5.85. The summed E-state index contributed by atoms with van der Waals surface area (Å²) in [6, 6.07) is 11.6. The first-order chi connectivity index (χ1) is 16.3. The van der Waals surface area contributed by atoms with E-state index in [2.05, 4.69) is 15.4 Å². The quantitative estimate of drug-likeness (QED) is 0.387. The Kier molecular flexibility index (Phi) is 6.40. The van der Waals surface area contributed by atoms with Crippen molar-refractivity contribution in [2.75, 3.05) is 31.5 Å². The molecule has 0 spiro atoms. The largest absolute Gasteiger partial charge is 0.482 e. The van der Waals surface area contributed by atoms with Crippen LogP contribution in [-0.4, -0.2) is 63.8 Å². The Hall–Kier alpha value is -3.70. The molecule has 1 aliphatic rings. The number of carbonyl (C=O) groups is 1. The molecule has 11 heteroatoms. The van der Waals surface area contributed by atoms with Gasteiger partial charge in [-0.25, -0.2) is 4.79 Å². The average Bonchev–Trinajstić information content (AvgIpc) is 3.23. The fourth-order valence-electron chi connectivity index (χ4n) is 4.27. The van der Waals surface area contributed by atoms with Gasteiger partial charge in [0.15, 0.2) is 11.4 Å². The standard InChI is InChI=1S/C23H28N6O5/c1-23(13-32-3)21(30)20(17-11-15(24)8-9-18(17)34-23)29(12-19-25-27-28(2)26-19)16-7-5-6-14(10-16)22(31)33-4/h5-11,20-21,30H,12-13,24H2,1-4H3/t20-,21+,23-/m0/s1. The molecule has 0 radical (unpaired) electrons. The van der Waals surface area contributed by atoms with Crippen LogP contribution < -0.4 is 15.4 Å². The van der Waals surface area contributed by atoms with Crippen molar-refractivity contribution in [2.45, 2.75) is 31.2 Å². The molecule has 11 nitrogen and oxygen atoms in total. The fourth-order valence-corrected chi connectivity index (χ4v) is 4.27. The molecule has 180 valence electrons. The minimum Gasteiger partial charge on any atom is -0.482 e. The van der Waals surface area contributed by atoms with Crippen LogP contribution in [0.15, 0.2) is 42.5 Å². The van der Waals surface area contributed by atoms with E-state index in [1.165, 1.54) is 11.9 Å². The molecule has 0 aliphatic carbocycles. The Morgan fingerprint density at radius 1 is 1.29 bits per heavy atom. The van der Waals surface area contributed by atoms with Crippen molar-refractivity contribution < 1.29 is 24.1 Å². The van der Waals surface area contributed by atoms with Crippen LogP contribution in [-0.2, 0) is 23.1 Å². The first kappa shape index (κ1) is 23.5. The van der Waals surface area contributed by atoms with Crippen LogP contribution in [0.5, 0.6) is 5.75 Å². The molecule has 1 aromatic heterocycles. The summed E-state index contributed by atoms with van der Waals surface area (Å²) in [7, 11) is 4.55. The van der Waals surface area contributed by atoms with Gasteiger partial charge in [-0.1, -0.05) is 6.07 Å². The molecule has 1 aliphatic heterocycles. The summed E-state index contributed by atoms with van der Waals surface area (Å²) in [4.78, 5) is 15.5. The summed E-state index contributed by atoms with van der Waals surface area (Å²) < 4.78 is 16.5. The number of esters is 1. The first-order valence-electron chi connectivity index (χ1n) is 10.7. The maximum Gasteiger partial charge on any atom is 0.337 e. The maximum atomic E-state index is 12.2. The van der Waals surface area contributed by atoms with Gasteiger partial charge in [0.2, 0.25) is 0 Å². The van der Waals surface area contributed by atoms with E-state index in [1.54, 1.807) is 57.5 Å². The smallest absolute Gasteiger partial charge is 0.337 e. The number of carbonyl (C=O) groups excluding carboxylic acids is 1. The lowest BCUT2D eigenvalue weighted by Crippen LogP contribution is -2.57. The van der Waals surface area contributed by atoms with Crippen molar-refractivity contribution in [2.24, 2.45) is 7.05 Å². The van der Waals surface area contributed by atoms with E-state index in [4.69, 9.17) is 19.9 Å². The normalized spacial score (nSPS) is 21.4. The van der Waals surface area contributed by atoms with Crippen molar-refractivity contribution in [3.05, 3.63) is 59.4 Å². The van der Waals surface area contributed by atoms with Crippen molar-refractivity contribution >= 4 is 17.3 Å². The maximum absolute atomic E-state index is 12.2. The molecule has 0 unspecified atom stereocenters. The molecule has 3 N–H and O–H groups in total. The van der Waals surface area contributed by atoms with Crippen LogP contribution in [0.1, 0.15) is 34.7 Å². The molecule has 2 aromatic carbocycles. The number of tetrazole rings is 1. The van der Waals surface area contributed by atoms with E-state index in [0.29, 0.717) is 34.1 Å². The molecule has 0 saturated heterocycles. The summed E-state index contributed by atoms with van der Waals surface area (Å²) in [5.41, 5.74) is 7.28. The number of hydrogen-bond acceptors (Lipinski definition) is 10. The van der Waals surface area contributed by atoms with Gasteiger partial charge < -0.3 is 30.0 Å². The minimum atomic E-state index is -1.06. The van der Waals surface area contributed by atoms with Crippen molar-refractivity contribution in [1.29, 1.82) is 0 Å². The van der Waals surface area contributed by atoms with Gasteiger partial charge in [-0.05, 0) is 48.5 Å². The van der Waals surface area contributed by atoms with Gasteiger partial charge in [0.25, 0.3) is 0 Å². The highest BCUT2D eigenvalue weighted by Crippen LogP contribution is 2.45. The lowest BCUT2D eigenvalue weighted by atomic mass is 9.84. The Morgan fingerprint density at radius 3 is 2.76 bits per heavy atom. The van der Waals surface area contributed by atoms with E-state index < -0.39 is 23.7 Å². The van der Waals surface area contributed by atoms with E-state index in [-0.39, 0.29) is 13.2 Å². The predicted octanol–water partition coefficient (Wildman–Crippen LogP) is 1.49. The van der Waals surface area contributed by atoms with Gasteiger partial charge in [0.1, 0.15) is 11.9 Å². The van der Waals surface area contributed by atoms with Crippen LogP contribution in [0.3, 0.4) is 0 Å². The van der Waals surface area contributed by atoms with Crippen molar-refractivity contribution in [3.63, 3.8) is 0 Å². The number of fused-ring (bicyclic) bond motifs is 1. The third-order valence-corrected chi connectivity index (χ3v) is 5.85. The molecule has 0 saturated carbocycles. The monoisotopic (exact) mass is 468 g/mol. The van der Waals surface area contributed by atoms with Crippen LogP contribution >= 0.6 is 0 Å². The van der Waals surface area contributed by atoms with E-state index in [0.717, 1.165) is 0 Å². The minimum absolute atomic E-state index is 0.147. The van der Waals surface area contributed by atoms with Gasteiger partial charge in [-0.15, -0.1) is 10.2 Å². The van der Waals surface area contributed by atoms with E-state index in [1.807, 2.05) is 11.0 Å². The van der Waals surface area contributed by atoms with Crippen molar-refractivity contribution in [1.82, 2.24) is 20.2 Å². The number of ether oxygens (including phenoxy) is 3. The Labute approximate surface area is 197 Å². The topological polar surface area (TPSA) is 138 Å². The zero-order valence-electron chi connectivity index (χ0n) is 19.5. The number of aryl methyl sites for hydroxylation is 1. The highest BCUT2D eigenvalue weighted by atomic mass is 16.6. The van der Waals surface area contributed by atoms with Crippen LogP contribution in [0.25, 0.3) is 0 Å². The SMILES string of the molecule is COC[C@]1(C)Oc2ccc(N)cc2[C@H](N(Cc2nnn(C)n2)c2cccc(C(=O)OC)c2)[C@H]1O. The molecule has 3 aromatic rings. The summed E-state index contributed by atoms with van der Waals surface area (Å²) in [5, 5.41) is 24.0. The number of aliphatic hydroxyl groups excluding tert-OH is 1. The molecule has 2 heterocycles. The molecule has 0 bridgehead atoms. The number of rotatable bonds is 7. The number of aromatic nitrogens is 4. The number of hydrogen-bond donors (Lipinski definition) is 2. The van der Waals surface area contributed by atoms with E-state index in [9.17, 15) is 9.90 Å². The zero-order chi connectivity index (χ0) is 24.5. The number of methoxy groups -OCH3 is 2. The molecular weight excluding hydrogens is 440 g/mol. The van der Waals surface area contributed by atoms with Gasteiger partial charge in [0.05, 0.1) is 38.9 Å². The lowest BCUT2D eigenvalue weighted by molar-refractivity contribution is -0.106. The summed E-state index contributed by atoms with van der Waals surface area (Å²) in [5.74, 6) is 0.537. The molecular formula is C23H28N6O5. The zero-order valence-corrected chi connectivity index (χ0v) is 19.5. The molecule has 0 amide bonds. The van der Waals surface area contributed by atoms with Gasteiger partial charge >= 0.3 is 5.97 Å². The Balaban J connectivity index is 1.89. The molecule has 0 fully saturated rings. The third kappa shape index (κ3) is 4.39. The second-order valence-electron chi connectivity index (χ2n) is 8.40. The van der Waals surface area contributed by atoms with Gasteiger partial charge in [0, 0.05) is 24.0 Å². The number of nitrogens with two attached hydrogens (primary N) is 1. The lowest BCUT2D eigenvalue weighted by Gasteiger charge is -2.48. The Morgan fingerprint density at radius 2 is 2.09 bits per heavy atom. The molecule has 34 heavy (non-hydrogen) atoms. The Bertz CT molecular complexity index is 1180. The number of nitrogens with zero attached hydrogens (tertiary/aromatic N) is 5. The van der Waals surface area contributed by atoms with Crippen LogP contribution in [0, 0.1) is 0 Å². The molecule has 4 rings (SSSR count). The fraction of sp³-hybridized carbons (Fsp3) is 0.391. The van der Waals surface area contributed by atoms with Crippen LogP contribution in [0.4, 0.5) is 11.4 Å². The number of anilines is 2. The second kappa shape index (κ2) is 9.27. The predicted molar refractivity (Wildman–Crippen MR) is 123 cm³/mol. The van der Waals surface area contributed by atoms with Gasteiger partial charge in [-0.3, -0.25) is 0 Å². The number of aliphatic hydroxyl groups is 1. The average molecular weight is 469 g/mol. The second-order valence-corrected chi connectivity index (χ2v) is 8.40.